The number of carbonyl (C=O) groups is 1. The van der Waals surface area contributed by atoms with E-state index in [1.165, 1.54) is 12.8 Å². The number of hydrogen-bond acceptors (Lipinski definition) is 2. The molecule has 84 valence electrons. The molecular weight excluding hydrogens is 194 g/mol. The van der Waals surface area contributed by atoms with Crippen molar-refractivity contribution in [2.75, 3.05) is 11.5 Å². The first-order valence-corrected chi connectivity index (χ1v) is 6.60. The molecule has 0 aromatic carbocycles. The first-order chi connectivity index (χ1) is 6.57. The van der Waals surface area contributed by atoms with Crippen molar-refractivity contribution in [2.24, 2.45) is 5.92 Å². The van der Waals surface area contributed by atoms with Crippen molar-refractivity contribution in [3.8, 4) is 0 Å². The molecule has 0 radical (unpaired) electrons. The highest BCUT2D eigenvalue weighted by molar-refractivity contribution is 7.99. The molecule has 1 atom stereocenters. The van der Waals surface area contributed by atoms with Crippen LogP contribution < -0.4 is 5.32 Å². The summed E-state index contributed by atoms with van der Waals surface area (Å²) in [5, 5.41) is 3.00. The summed E-state index contributed by atoms with van der Waals surface area (Å²) < 4.78 is 0. The van der Waals surface area contributed by atoms with E-state index in [1.807, 2.05) is 0 Å². The zero-order valence-electron chi connectivity index (χ0n) is 9.80. The van der Waals surface area contributed by atoms with Crippen LogP contribution >= 0.6 is 11.8 Å². The van der Waals surface area contributed by atoms with Crippen molar-refractivity contribution in [3.05, 3.63) is 0 Å². The van der Waals surface area contributed by atoms with E-state index in [9.17, 15) is 4.79 Å². The number of nitrogens with one attached hydrogen (secondary N) is 1. The predicted molar refractivity (Wildman–Crippen MR) is 64.7 cm³/mol. The lowest BCUT2D eigenvalue weighted by molar-refractivity contribution is -0.119. The molecule has 0 heterocycles. The van der Waals surface area contributed by atoms with Gasteiger partial charge in [-0.05, 0) is 25.0 Å². The minimum absolute atomic E-state index is 0.173. The van der Waals surface area contributed by atoms with Gasteiger partial charge in [0.1, 0.15) is 0 Å². The van der Waals surface area contributed by atoms with Gasteiger partial charge in [0.15, 0.2) is 0 Å². The van der Waals surface area contributed by atoms with Gasteiger partial charge in [0, 0.05) is 6.04 Å². The van der Waals surface area contributed by atoms with Crippen LogP contribution in [0.25, 0.3) is 0 Å². The van der Waals surface area contributed by atoms with Gasteiger partial charge < -0.3 is 5.32 Å². The Kier molecular flexibility index (Phi) is 8.05. The van der Waals surface area contributed by atoms with Gasteiger partial charge in [0.2, 0.25) is 5.91 Å². The van der Waals surface area contributed by atoms with Crippen LogP contribution in [0.5, 0.6) is 0 Å². The van der Waals surface area contributed by atoms with E-state index in [0.717, 1.165) is 5.75 Å². The smallest absolute Gasteiger partial charge is 0.230 e. The van der Waals surface area contributed by atoms with Crippen molar-refractivity contribution in [1.82, 2.24) is 5.32 Å². The average Bonchev–Trinajstić information content (AvgIpc) is 2.12. The van der Waals surface area contributed by atoms with Crippen molar-refractivity contribution in [1.29, 1.82) is 0 Å². The molecule has 3 heteroatoms. The summed E-state index contributed by atoms with van der Waals surface area (Å²) in [4.78, 5) is 11.4. The van der Waals surface area contributed by atoms with Crippen molar-refractivity contribution >= 4 is 17.7 Å². The predicted octanol–water partition coefficient (Wildman–Crippen LogP) is 2.68. The SMILES string of the molecule is CCCCSCC(=O)NC(C)C(C)C. The van der Waals surface area contributed by atoms with Crippen LogP contribution in [-0.2, 0) is 4.79 Å². The maximum absolute atomic E-state index is 11.4. The molecule has 0 saturated heterocycles. The molecule has 0 bridgehead atoms. The minimum Gasteiger partial charge on any atom is -0.353 e. The molecule has 1 unspecified atom stereocenters. The molecule has 1 amide bonds. The highest BCUT2D eigenvalue weighted by atomic mass is 32.2. The summed E-state index contributed by atoms with van der Waals surface area (Å²) in [5.41, 5.74) is 0. The van der Waals surface area contributed by atoms with Crippen LogP contribution in [0, 0.1) is 5.92 Å². The van der Waals surface area contributed by atoms with Gasteiger partial charge in [-0.15, -0.1) is 0 Å². The maximum Gasteiger partial charge on any atom is 0.230 e. The molecule has 0 fully saturated rings. The lowest BCUT2D eigenvalue weighted by Crippen LogP contribution is -2.37. The number of rotatable bonds is 7. The lowest BCUT2D eigenvalue weighted by atomic mass is 10.1. The second-order valence-corrected chi connectivity index (χ2v) is 5.11. The summed E-state index contributed by atoms with van der Waals surface area (Å²) >= 11 is 1.73. The number of hydrogen-bond donors (Lipinski definition) is 1. The van der Waals surface area contributed by atoms with Crippen LogP contribution in [0.3, 0.4) is 0 Å². The Labute approximate surface area is 92.2 Å². The van der Waals surface area contributed by atoms with E-state index >= 15 is 0 Å². The number of carbonyl (C=O) groups excluding carboxylic acids is 1. The van der Waals surface area contributed by atoms with Crippen molar-refractivity contribution in [2.45, 2.75) is 46.6 Å². The highest BCUT2D eigenvalue weighted by Crippen LogP contribution is 2.05. The Bertz CT molecular complexity index is 159. The number of amides is 1. The van der Waals surface area contributed by atoms with Crippen LogP contribution in [0.1, 0.15) is 40.5 Å². The molecule has 0 rings (SSSR count). The molecule has 0 aliphatic rings. The topological polar surface area (TPSA) is 29.1 Å². The van der Waals surface area contributed by atoms with Crippen LogP contribution in [0.15, 0.2) is 0 Å². The quantitative estimate of drug-likeness (QED) is 0.664. The summed E-state index contributed by atoms with van der Waals surface area (Å²) in [6.45, 7) is 8.46. The Morgan fingerprint density at radius 1 is 1.36 bits per heavy atom. The molecule has 1 N–H and O–H groups in total. The van der Waals surface area contributed by atoms with E-state index in [2.05, 4.69) is 33.0 Å². The van der Waals surface area contributed by atoms with Gasteiger partial charge in [0.05, 0.1) is 5.75 Å². The third-order valence-electron chi connectivity index (χ3n) is 2.26. The van der Waals surface area contributed by atoms with Gasteiger partial charge in [-0.2, -0.15) is 11.8 Å². The van der Waals surface area contributed by atoms with E-state index in [-0.39, 0.29) is 11.9 Å². The van der Waals surface area contributed by atoms with Crippen molar-refractivity contribution < 1.29 is 4.79 Å². The molecule has 0 aliphatic carbocycles. The fourth-order valence-electron chi connectivity index (χ4n) is 0.874. The van der Waals surface area contributed by atoms with E-state index in [1.54, 1.807) is 11.8 Å². The molecule has 0 saturated carbocycles. The highest BCUT2D eigenvalue weighted by Gasteiger charge is 2.09. The molecule has 14 heavy (non-hydrogen) atoms. The second-order valence-electron chi connectivity index (χ2n) is 4.01. The first-order valence-electron chi connectivity index (χ1n) is 5.45. The van der Waals surface area contributed by atoms with Gasteiger partial charge >= 0.3 is 0 Å². The van der Waals surface area contributed by atoms with E-state index in [0.29, 0.717) is 11.7 Å². The van der Waals surface area contributed by atoms with Crippen LogP contribution in [-0.4, -0.2) is 23.5 Å². The Morgan fingerprint density at radius 3 is 2.50 bits per heavy atom. The molecule has 0 aliphatic heterocycles. The fraction of sp³-hybridized carbons (Fsp3) is 0.909. The Balaban J connectivity index is 3.45. The zero-order chi connectivity index (χ0) is 11.0. The average molecular weight is 217 g/mol. The summed E-state index contributed by atoms with van der Waals surface area (Å²) in [7, 11) is 0. The number of thioether (sulfide) groups is 1. The summed E-state index contributed by atoms with van der Waals surface area (Å²) in [5.74, 6) is 2.39. The second kappa shape index (κ2) is 8.16. The number of unbranched alkanes of at least 4 members (excludes halogenated alkanes) is 1. The van der Waals surface area contributed by atoms with E-state index < -0.39 is 0 Å². The van der Waals surface area contributed by atoms with Gasteiger partial charge in [-0.3, -0.25) is 4.79 Å². The summed E-state index contributed by atoms with van der Waals surface area (Å²) in [6, 6.07) is 0.286. The molecule has 0 spiro atoms. The Morgan fingerprint density at radius 2 is 2.00 bits per heavy atom. The molecule has 2 nitrogen and oxygen atoms in total. The largest absolute Gasteiger partial charge is 0.353 e. The van der Waals surface area contributed by atoms with Crippen LogP contribution in [0.2, 0.25) is 0 Å². The third-order valence-corrected chi connectivity index (χ3v) is 3.31. The van der Waals surface area contributed by atoms with Gasteiger partial charge in [0.25, 0.3) is 0 Å². The normalized spacial score (nSPS) is 12.9. The third kappa shape index (κ3) is 7.25. The monoisotopic (exact) mass is 217 g/mol. The molecular formula is C11H23NOS. The van der Waals surface area contributed by atoms with Crippen LogP contribution in [0.4, 0.5) is 0 Å². The molecule has 0 aromatic rings. The Hall–Kier alpha value is -0.180. The summed E-state index contributed by atoms with van der Waals surface area (Å²) in [6.07, 6.45) is 2.41. The minimum atomic E-state index is 0.173. The first kappa shape index (κ1) is 13.8. The van der Waals surface area contributed by atoms with Gasteiger partial charge in [-0.1, -0.05) is 27.2 Å². The van der Waals surface area contributed by atoms with Gasteiger partial charge in [-0.25, -0.2) is 0 Å². The molecule has 0 aromatic heterocycles. The maximum atomic E-state index is 11.4. The standard InChI is InChI=1S/C11H23NOS/c1-5-6-7-14-8-11(13)12-10(4)9(2)3/h9-10H,5-8H2,1-4H3,(H,12,13). The van der Waals surface area contributed by atoms with Crippen molar-refractivity contribution in [3.63, 3.8) is 0 Å². The fourth-order valence-corrected chi connectivity index (χ4v) is 1.78. The lowest BCUT2D eigenvalue weighted by Gasteiger charge is -2.17. The van der Waals surface area contributed by atoms with E-state index in [4.69, 9.17) is 0 Å². The zero-order valence-corrected chi connectivity index (χ0v) is 10.6.